The lowest BCUT2D eigenvalue weighted by Gasteiger charge is -2.49. The molecule has 35 heavy (non-hydrogen) atoms. The van der Waals surface area contributed by atoms with E-state index in [1.807, 2.05) is 0 Å². The van der Waals surface area contributed by atoms with E-state index in [1.54, 1.807) is 24.1 Å². The number of fused-ring (bicyclic) bond motifs is 3. The summed E-state index contributed by atoms with van der Waals surface area (Å²) in [5, 5.41) is 0. The average Bonchev–Trinajstić information content (AvgIpc) is 2.84. The van der Waals surface area contributed by atoms with Gasteiger partial charge in [0.1, 0.15) is 17.5 Å². The van der Waals surface area contributed by atoms with Crippen molar-refractivity contribution in [2.24, 2.45) is 5.92 Å². The zero-order valence-electron chi connectivity index (χ0n) is 18.8. The lowest BCUT2D eigenvalue weighted by atomic mass is 9.77. The van der Waals surface area contributed by atoms with Crippen LogP contribution >= 0.6 is 0 Å². The average molecular weight is 486 g/mol. The summed E-state index contributed by atoms with van der Waals surface area (Å²) in [6, 6.07) is 6.24. The van der Waals surface area contributed by atoms with Crippen molar-refractivity contribution in [1.29, 1.82) is 0 Å². The largest absolute Gasteiger partial charge is 0.472 e. The molecule has 1 saturated carbocycles. The molecule has 0 aromatic carbocycles. The molecule has 3 aromatic heterocycles. The fraction of sp³-hybridized carbons (Fsp3) is 0.360. The van der Waals surface area contributed by atoms with Gasteiger partial charge in [-0.3, -0.25) is 14.8 Å². The number of carbonyl (C=O) groups excluding carboxylic acids is 1. The lowest BCUT2D eigenvalue weighted by molar-refractivity contribution is -0.137. The van der Waals surface area contributed by atoms with Crippen LogP contribution in [0.4, 0.5) is 17.6 Å². The van der Waals surface area contributed by atoms with Crippen LogP contribution < -0.4 is 4.74 Å². The topological polar surface area (TPSA) is 68.2 Å². The Morgan fingerprint density at radius 2 is 1.91 bits per heavy atom. The molecule has 3 aromatic rings. The SMILES string of the molecule is Cc1cnc(-c2ncccc2F)c(C(=O)N2CC3CCC2C(Oc2ccc(C(F)(F)F)cn2)C3)c1. The van der Waals surface area contributed by atoms with Crippen molar-refractivity contribution in [3.8, 4) is 17.3 Å². The molecule has 6 nitrogen and oxygen atoms in total. The molecule has 3 aliphatic rings. The van der Waals surface area contributed by atoms with Gasteiger partial charge in [0.2, 0.25) is 5.88 Å². The molecule has 2 bridgehead atoms. The summed E-state index contributed by atoms with van der Waals surface area (Å²) in [5.74, 6) is -0.620. The van der Waals surface area contributed by atoms with Gasteiger partial charge in [-0.05, 0) is 61.9 Å². The number of hydrogen-bond acceptors (Lipinski definition) is 5. The predicted octanol–water partition coefficient (Wildman–Crippen LogP) is 5.08. The summed E-state index contributed by atoms with van der Waals surface area (Å²) in [5.41, 5.74) is 0.314. The van der Waals surface area contributed by atoms with Crippen molar-refractivity contribution in [2.75, 3.05) is 6.54 Å². The molecule has 10 heteroatoms. The highest BCUT2D eigenvalue weighted by Gasteiger charge is 2.45. The van der Waals surface area contributed by atoms with Crippen LogP contribution in [0.25, 0.3) is 11.4 Å². The first-order valence-corrected chi connectivity index (χ1v) is 11.3. The fourth-order valence-electron chi connectivity index (χ4n) is 4.90. The van der Waals surface area contributed by atoms with Crippen LogP contribution in [0.5, 0.6) is 5.88 Å². The molecule has 0 spiro atoms. The number of amides is 1. The van der Waals surface area contributed by atoms with E-state index in [4.69, 9.17) is 4.74 Å². The maximum absolute atomic E-state index is 14.5. The number of halogens is 4. The van der Waals surface area contributed by atoms with Gasteiger partial charge in [-0.25, -0.2) is 9.37 Å². The van der Waals surface area contributed by atoms with E-state index in [2.05, 4.69) is 15.0 Å². The van der Waals surface area contributed by atoms with Gasteiger partial charge in [-0.2, -0.15) is 13.2 Å². The highest BCUT2D eigenvalue weighted by Crippen LogP contribution is 2.39. The number of aromatic nitrogens is 3. The molecular formula is C25H22F4N4O2. The normalized spacial score (nSPS) is 21.7. The highest BCUT2D eigenvalue weighted by atomic mass is 19.4. The number of aryl methyl sites for hydroxylation is 1. The van der Waals surface area contributed by atoms with E-state index in [1.165, 1.54) is 24.4 Å². The first-order valence-electron chi connectivity index (χ1n) is 11.3. The number of pyridine rings is 3. The molecule has 2 saturated heterocycles. The van der Waals surface area contributed by atoms with Crippen LogP contribution in [0.15, 0.2) is 48.9 Å². The molecular weight excluding hydrogens is 464 g/mol. The second-order valence-electron chi connectivity index (χ2n) is 8.99. The van der Waals surface area contributed by atoms with Gasteiger partial charge in [0.05, 0.1) is 17.2 Å². The minimum Gasteiger partial charge on any atom is -0.472 e. The van der Waals surface area contributed by atoms with Crippen molar-refractivity contribution in [3.05, 3.63) is 71.4 Å². The van der Waals surface area contributed by atoms with Gasteiger partial charge in [-0.1, -0.05) is 0 Å². The van der Waals surface area contributed by atoms with Crippen LogP contribution in [0.2, 0.25) is 0 Å². The molecule has 3 fully saturated rings. The smallest absolute Gasteiger partial charge is 0.417 e. The van der Waals surface area contributed by atoms with Crippen LogP contribution in [-0.2, 0) is 6.18 Å². The Hall–Kier alpha value is -3.56. The number of ether oxygens (including phenoxy) is 1. The van der Waals surface area contributed by atoms with Gasteiger partial charge in [-0.15, -0.1) is 0 Å². The summed E-state index contributed by atoms with van der Waals surface area (Å²) in [6.07, 6.45) is 1.13. The third kappa shape index (κ3) is 4.56. The molecule has 1 amide bonds. The standard InChI is InChI=1S/C25H22F4N4O2/c1-14-9-17(22(32-11-14)23-18(26)3-2-8-30-23)24(34)33-13-15-4-6-19(33)20(10-15)35-21-7-5-16(12-31-21)25(27,28)29/h2-3,5,7-9,11-12,15,19-20H,4,6,10,13H2,1H3. The van der Waals surface area contributed by atoms with Crippen LogP contribution in [0.1, 0.15) is 40.7 Å². The fourth-order valence-corrected chi connectivity index (χ4v) is 4.90. The van der Waals surface area contributed by atoms with Gasteiger partial charge < -0.3 is 9.64 Å². The van der Waals surface area contributed by atoms with E-state index in [9.17, 15) is 22.4 Å². The number of alkyl halides is 3. The predicted molar refractivity (Wildman–Crippen MR) is 118 cm³/mol. The van der Waals surface area contributed by atoms with E-state index in [-0.39, 0.29) is 40.7 Å². The third-order valence-corrected chi connectivity index (χ3v) is 6.55. The van der Waals surface area contributed by atoms with Gasteiger partial charge in [0, 0.05) is 31.2 Å². The number of piperidine rings is 2. The van der Waals surface area contributed by atoms with Crippen LogP contribution in [0, 0.1) is 18.7 Å². The van der Waals surface area contributed by atoms with Gasteiger partial charge >= 0.3 is 6.18 Å². The van der Waals surface area contributed by atoms with Gasteiger partial charge in [0.15, 0.2) is 5.82 Å². The summed E-state index contributed by atoms with van der Waals surface area (Å²) in [6.45, 7) is 2.31. The Balaban J connectivity index is 1.42. The molecule has 182 valence electrons. The summed E-state index contributed by atoms with van der Waals surface area (Å²) in [4.78, 5) is 27.7. The summed E-state index contributed by atoms with van der Waals surface area (Å²) in [7, 11) is 0. The van der Waals surface area contributed by atoms with E-state index < -0.39 is 23.7 Å². The molecule has 0 radical (unpaired) electrons. The molecule has 0 N–H and O–H groups in total. The number of rotatable bonds is 4. The summed E-state index contributed by atoms with van der Waals surface area (Å²) < 4.78 is 59.0. The molecule has 1 aliphatic carbocycles. The first kappa shape index (κ1) is 23.2. The Morgan fingerprint density at radius 1 is 1.09 bits per heavy atom. The zero-order chi connectivity index (χ0) is 24.7. The summed E-state index contributed by atoms with van der Waals surface area (Å²) >= 11 is 0. The van der Waals surface area contributed by atoms with Crippen molar-refractivity contribution in [3.63, 3.8) is 0 Å². The zero-order valence-corrected chi connectivity index (χ0v) is 18.8. The number of carbonyl (C=O) groups is 1. The van der Waals surface area contributed by atoms with E-state index in [0.717, 1.165) is 24.2 Å². The Morgan fingerprint density at radius 3 is 2.60 bits per heavy atom. The van der Waals surface area contributed by atoms with Crippen molar-refractivity contribution in [2.45, 2.75) is 44.5 Å². The van der Waals surface area contributed by atoms with Crippen molar-refractivity contribution in [1.82, 2.24) is 19.9 Å². The number of nitrogens with zero attached hydrogens (tertiary/aromatic N) is 4. The van der Waals surface area contributed by atoms with Crippen LogP contribution in [0.3, 0.4) is 0 Å². The highest BCUT2D eigenvalue weighted by molar-refractivity contribution is 6.00. The second-order valence-corrected chi connectivity index (χ2v) is 8.99. The monoisotopic (exact) mass is 486 g/mol. The third-order valence-electron chi connectivity index (χ3n) is 6.55. The molecule has 3 unspecified atom stereocenters. The molecule has 2 aliphatic heterocycles. The van der Waals surface area contributed by atoms with E-state index in [0.29, 0.717) is 19.4 Å². The minimum atomic E-state index is -4.48. The maximum atomic E-state index is 14.5. The Kier molecular flexibility index (Phi) is 5.90. The number of hydrogen-bond donors (Lipinski definition) is 0. The molecule has 3 atom stereocenters. The molecule has 6 rings (SSSR count). The quantitative estimate of drug-likeness (QED) is 0.482. The second kappa shape index (κ2) is 8.90. The van der Waals surface area contributed by atoms with Crippen molar-refractivity contribution < 1.29 is 27.1 Å². The Labute approximate surface area is 199 Å². The maximum Gasteiger partial charge on any atom is 0.417 e. The molecule has 5 heterocycles. The van der Waals surface area contributed by atoms with Crippen molar-refractivity contribution >= 4 is 5.91 Å². The van der Waals surface area contributed by atoms with E-state index >= 15 is 0 Å². The van der Waals surface area contributed by atoms with Crippen LogP contribution in [-0.4, -0.2) is 44.4 Å². The minimum absolute atomic E-state index is 0.000210. The van der Waals surface area contributed by atoms with Gasteiger partial charge in [0.25, 0.3) is 5.91 Å². The lowest BCUT2D eigenvalue weighted by Crippen LogP contribution is -2.59. The Bertz CT molecular complexity index is 1250. The first-order chi connectivity index (χ1) is 16.7.